The van der Waals surface area contributed by atoms with Crippen molar-refractivity contribution in [2.75, 3.05) is 19.6 Å². The summed E-state index contributed by atoms with van der Waals surface area (Å²) in [5.74, 6) is 0.197. The molecule has 0 bridgehead atoms. The van der Waals surface area contributed by atoms with Crippen LogP contribution < -0.4 is 46.9 Å². The Morgan fingerprint density at radius 3 is 1.37 bits per heavy atom. The Morgan fingerprint density at radius 2 is 0.815 bits per heavy atom. The van der Waals surface area contributed by atoms with Gasteiger partial charge < -0.3 is 19.6 Å². The Bertz CT molecular complexity index is 2750. The van der Waals surface area contributed by atoms with E-state index in [1.54, 1.807) is 0 Å². The van der Waals surface area contributed by atoms with E-state index in [9.17, 15) is 0 Å². The van der Waals surface area contributed by atoms with Crippen LogP contribution in [0.5, 0.6) is 0 Å². The van der Waals surface area contributed by atoms with Gasteiger partial charge in [0.15, 0.2) is 0 Å². The third-order valence-electron chi connectivity index (χ3n) is 12.8. The summed E-state index contributed by atoms with van der Waals surface area (Å²) in [7, 11) is 0. The molecule has 0 saturated heterocycles. The zero-order valence-electron chi connectivity index (χ0n) is 29.4. The second-order valence-electron chi connectivity index (χ2n) is 15.2. The number of benzene rings is 7. The van der Waals surface area contributed by atoms with Gasteiger partial charge in [-0.3, -0.25) is 0 Å². The number of rotatable bonds is 4. The number of allylic oxidation sites excluding steroid dienone is 2. The lowest BCUT2D eigenvalue weighted by atomic mass is 9.16. The number of nitrogens with zero attached hydrogens (tertiary/aromatic N) is 4. The average Bonchev–Trinajstić information content (AvgIpc) is 3.24. The van der Waals surface area contributed by atoms with Crippen molar-refractivity contribution in [1.82, 2.24) is 0 Å². The summed E-state index contributed by atoms with van der Waals surface area (Å²) < 4.78 is 0. The van der Waals surface area contributed by atoms with E-state index in [0.717, 1.165) is 0 Å². The molecule has 2 atom stereocenters. The normalized spacial score (nSPS) is 18.6. The molecule has 0 saturated carbocycles. The van der Waals surface area contributed by atoms with Gasteiger partial charge >= 0.3 is 0 Å². The predicted molar refractivity (Wildman–Crippen MR) is 227 cm³/mol. The predicted octanol–water partition coefficient (Wildman–Crippen LogP) is 8.19. The number of para-hydroxylation sites is 4. The van der Waals surface area contributed by atoms with Gasteiger partial charge in [-0.05, 0) is 107 Å². The van der Waals surface area contributed by atoms with Gasteiger partial charge in [-0.2, -0.15) is 0 Å². The summed E-state index contributed by atoms with van der Waals surface area (Å²) in [6, 6.07) is 60.9. The molecule has 250 valence electrons. The van der Waals surface area contributed by atoms with Crippen molar-refractivity contribution in [3.63, 3.8) is 0 Å². The number of anilines is 10. The second kappa shape index (κ2) is 10.5. The van der Waals surface area contributed by atoms with Crippen LogP contribution in [0.4, 0.5) is 56.9 Å². The maximum absolute atomic E-state index is 2.65. The van der Waals surface area contributed by atoms with Crippen molar-refractivity contribution in [3.05, 3.63) is 188 Å². The highest BCUT2D eigenvalue weighted by Gasteiger charge is 2.59. The minimum absolute atomic E-state index is 0.0822. The van der Waals surface area contributed by atoms with Crippen LogP contribution in [0.2, 0.25) is 5.82 Å². The summed E-state index contributed by atoms with van der Waals surface area (Å²) in [5, 5.41) is 0. The minimum atomic E-state index is 0.0822. The maximum Gasteiger partial charge on any atom is 0.250 e. The Morgan fingerprint density at radius 1 is 0.370 bits per heavy atom. The Hall–Kier alpha value is -6.65. The van der Waals surface area contributed by atoms with Gasteiger partial charge in [0.25, 0.3) is 6.71 Å². The summed E-state index contributed by atoms with van der Waals surface area (Å²) in [6.07, 6.45) is 7.16. The Kier molecular flexibility index (Phi) is 5.61. The van der Waals surface area contributed by atoms with E-state index in [2.05, 4.69) is 202 Å². The van der Waals surface area contributed by atoms with Crippen LogP contribution in [0, 0.1) is 0 Å². The van der Waals surface area contributed by atoms with Crippen LogP contribution in [0.1, 0.15) is 0 Å². The second-order valence-corrected chi connectivity index (χ2v) is 15.2. The van der Waals surface area contributed by atoms with Crippen molar-refractivity contribution in [2.45, 2.75) is 11.9 Å². The van der Waals surface area contributed by atoms with Gasteiger partial charge in [-0.15, -0.1) is 0 Å². The van der Waals surface area contributed by atoms with E-state index in [0.29, 0.717) is 0 Å². The van der Waals surface area contributed by atoms with E-state index >= 15 is 0 Å². The Labute approximate surface area is 315 Å². The van der Waals surface area contributed by atoms with E-state index < -0.39 is 0 Å². The molecule has 4 nitrogen and oxygen atoms in total. The van der Waals surface area contributed by atoms with Gasteiger partial charge in [0.05, 0.1) is 6.04 Å². The fourth-order valence-corrected chi connectivity index (χ4v) is 11.0. The zero-order valence-corrected chi connectivity index (χ0v) is 29.4. The summed E-state index contributed by atoms with van der Waals surface area (Å²) in [5.41, 5.74) is 21.2. The molecule has 1 aliphatic carbocycles. The molecule has 54 heavy (non-hydrogen) atoms. The summed E-state index contributed by atoms with van der Waals surface area (Å²) in [6.45, 7) is 0.262. The smallest absolute Gasteiger partial charge is 0.250 e. The first-order valence-electron chi connectivity index (χ1n) is 19.1. The first-order chi connectivity index (χ1) is 26.9. The largest absolute Gasteiger partial charge is 0.335 e. The topological polar surface area (TPSA) is 13.0 Å². The molecule has 0 amide bonds. The van der Waals surface area contributed by atoms with Crippen LogP contribution >= 0.6 is 0 Å². The quantitative estimate of drug-likeness (QED) is 0.173. The lowest BCUT2D eigenvalue weighted by Crippen LogP contribution is -2.80. The first kappa shape index (κ1) is 28.9. The third-order valence-corrected chi connectivity index (χ3v) is 12.8. The molecular weight excluding hydrogens is 654 g/mol. The summed E-state index contributed by atoms with van der Waals surface area (Å²) >= 11 is 0. The van der Waals surface area contributed by atoms with Gasteiger partial charge in [-0.25, -0.2) is 0 Å². The van der Waals surface area contributed by atoms with Crippen molar-refractivity contribution < 1.29 is 0 Å². The first-order valence-corrected chi connectivity index (χ1v) is 19.1. The van der Waals surface area contributed by atoms with Gasteiger partial charge in [0, 0.05) is 68.4 Å². The monoisotopic (exact) mass is 686 g/mol. The SMILES string of the molecule is C1=CC2C3B4c5c(ccc6c5B5c7c(cccc7N(c7ccccc7)c7ccc(c4c75)N2c2ccccc2)N6c2ccccc2)N(c2ccccc2)C3=C1. The van der Waals surface area contributed by atoms with Crippen molar-refractivity contribution in [3.8, 4) is 0 Å². The van der Waals surface area contributed by atoms with Crippen LogP contribution in [-0.2, 0) is 0 Å². The van der Waals surface area contributed by atoms with Crippen LogP contribution in [0.25, 0.3) is 0 Å². The molecule has 7 aromatic rings. The maximum atomic E-state index is 2.65. The fourth-order valence-electron chi connectivity index (χ4n) is 11.0. The minimum Gasteiger partial charge on any atom is -0.335 e. The molecule has 13 rings (SSSR count). The van der Waals surface area contributed by atoms with Gasteiger partial charge in [0.2, 0.25) is 6.71 Å². The van der Waals surface area contributed by atoms with Crippen molar-refractivity contribution >= 4 is 97.6 Å². The van der Waals surface area contributed by atoms with Crippen molar-refractivity contribution in [2.24, 2.45) is 0 Å². The van der Waals surface area contributed by atoms with Crippen LogP contribution in [0.3, 0.4) is 0 Å². The summed E-state index contributed by atoms with van der Waals surface area (Å²) in [4.78, 5) is 10.3. The van der Waals surface area contributed by atoms with E-state index in [4.69, 9.17) is 0 Å². The molecule has 0 radical (unpaired) electrons. The average molecular weight is 686 g/mol. The molecule has 5 heterocycles. The highest BCUT2D eigenvalue weighted by atomic mass is 15.2. The van der Waals surface area contributed by atoms with Crippen LogP contribution in [0.15, 0.2) is 188 Å². The highest BCUT2D eigenvalue weighted by molar-refractivity contribution is 7.12. The Balaban J connectivity index is 1.21. The molecule has 0 N–H and O–H groups in total. The van der Waals surface area contributed by atoms with Crippen molar-refractivity contribution in [1.29, 1.82) is 0 Å². The van der Waals surface area contributed by atoms with E-state index in [1.165, 1.54) is 89.9 Å². The molecule has 0 aromatic heterocycles. The van der Waals surface area contributed by atoms with E-state index in [-0.39, 0.29) is 25.3 Å². The lowest BCUT2D eigenvalue weighted by molar-refractivity contribution is 0.723. The van der Waals surface area contributed by atoms with Crippen LogP contribution in [-0.4, -0.2) is 19.5 Å². The van der Waals surface area contributed by atoms with Gasteiger partial charge in [0.1, 0.15) is 0 Å². The molecule has 6 heteroatoms. The number of hydrogen-bond acceptors (Lipinski definition) is 4. The number of hydrogen-bond donors (Lipinski definition) is 0. The van der Waals surface area contributed by atoms with Gasteiger partial charge in [-0.1, -0.05) is 102 Å². The molecule has 7 aromatic carbocycles. The third kappa shape index (κ3) is 3.51. The van der Waals surface area contributed by atoms with E-state index in [1.807, 2.05) is 0 Å². The molecule has 0 fully saturated rings. The molecule has 0 spiro atoms. The highest BCUT2D eigenvalue weighted by Crippen LogP contribution is 2.53. The zero-order chi connectivity index (χ0) is 35.1. The lowest BCUT2D eigenvalue weighted by Gasteiger charge is -2.58. The molecular formula is C48H32B2N4. The fraction of sp³-hybridized carbons (Fsp3) is 0.0417. The molecule has 5 aliphatic heterocycles. The standard InChI is InChI=1S/C48H32B2N4/c1-5-15-31(16-6-1)51-35-23-13-24-36-43(35)49-45-39(51)27-28-40-46(45)50-44-37(53(40)33-19-9-3-10-20-33)25-14-26-38(44)54(34-21-11-4-12-22-34)42-30-29-41(47(49)48(42)50)52(36)32-17-7-2-8-18-32/h1-30,35,43H. The molecule has 6 aliphatic rings. The molecule has 2 unspecified atom stereocenters.